The van der Waals surface area contributed by atoms with Gasteiger partial charge in [-0.05, 0) is 81.5 Å². The molecule has 1 fully saturated rings. The average molecular weight is 475 g/mol. The largest absolute Gasteiger partial charge is 0.444 e. The van der Waals surface area contributed by atoms with Crippen molar-refractivity contribution in [1.29, 1.82) is 0 Å². The van der Waals surface area contributed by atoms with Crippen LogP contribution < -0.4 is 5.73 Å². The van der Waals surface area contributed by atoms with Crippen LogP contribution in [0.4, 0.5) is 10.6 Å². The Hall–Kier alpha value is -3.39. The molecule has 0 saturated carbocycles. The number of benzene rings is 1. The monoisotopic (exact) mass is 474 g/mol. The summed E-state index contributed by atoms with van der Waals surface area (Å²) in [6, 6.07) is 6.61. The van der Waals surface area contributed by atoms with Gasteiger partial charge in [0.1, 0.15) is 11.4 Å². The van der Waals surface area contributed by atoms with Gasteiger partial charge in [0, 0.05) is 48.7 Å². The second kappa shape index (κ2) is 9.00. The van der Waals surface area contributed by atoms with E-state index < -0.39 is 5.60 Å². The molecule has 0 aliphatic carbocycles. The minimum atomic E-state index is -0.523. The summed E-state index contributed by atoms with van der Waals surface area (Å²) in [7, 11) is 2.15. The third-order valence-electron chi connectivity index (χ3n) is 6.87. The zero-order chi connectivity index (χ0) is 24.7. The van der Waals surface area contributed by atoms with Crippen LogP contribution in [0, 0.1) is 0 Å². The zero-order valence-corrected chi connectivity index (χ0v) is 21.0. The summed E-state index contributed by atoms with van der Waals surface area (Å²) in [5, 5.41) is 6.91. The Morgan fingerprint density at radius 1 is 1.14 bits per heavy atom. The fourth-order valence-electron chi connectivity index (χ4n) is 5.19. The van der Waals surface area contributed by atoms with Crippen LogP contribution in [0.5, 0.6) is 0 Å². The summed E-state index contributed by atoms with van der Waals surface area (Å²) in [4.78, 5) is 21.9. The number of nitrogens with zero attached hydrogens (tertiary/aromatic N) is 4. The van der Waals surface area contributed by atoms with Crippen molar-refractivity contribution in [2.75, 3.05) is 25.9 Å². The predicted molar refractivity (Wildman–Crippen MR) is 137 cm³/mol. The van der Waals surface area contributed by atoms with E-state index in [2.05, 4.69) is 45.3 Å². The van der Waals surface area contributed by atoms with Crippen molar-refractivity contribution in [2.45, 2.75) is 58.2 Å². The number of fused-ring (bicyclic) bond motifs is 1. The van der Waals surface area contributed by atoms with Gasteiger partial charge in [-0.3, -0.25) is 5.10 Å². The third-order valence-corrected chi connectivity index (χ3v) is 6.87. The van der Waals surface area contributed by atoms with Crippen LogP contribution >= 0.6 is 0 Å². The fraction of sp³-hybridized carbons (Fsp3) is 0.444. The molecule has 3 N–H and O–H groups in total. The number of rotatable bonds is 3. The van der Waals surface area contributed by atoms with Gasteiger partial charge >= 0.3 is 6.09 Å². The molecule has 0 radical (unpaired) electrons. The molecular formula is C27H34N6O2. The number of aromatic nitrogens is 3. The molecule has 8 heteroatoms. The normalized spacial score (nSPS) is 18.5. The number of likely N-dealkylation sites (N-methyl/N-ethyl adjacent to an activating group) is 1. The first-order valence-electron chi connectivity index (χ1n) is 12.3. The molecule has 2 aliphatic rings. The minimum absolute atomic E-state index is 0.000125. The molecule has 3 aromatic rings. The predicted octanol–water partition coefficient (Wildman–Crippen LogP) is 4.78. The maximum absolute atomic E-state index is 13.1. The van der Waals surface area contributed by atoms with Crippen LogP contribution in [-0.4, -0.2) is 56.8 Å². The minimum Gasteiger partial charge on any atom is -0.444 e. The van der Waals surface area contributed by atoms with E-state index in [1.54, 1.807) is 6.20 Å². The molecule has 35 heavy (non-hydrogen) atoms. The number of hydrogen-bond acceptors (Lipinski definition) is 6. The molecule has 4 heterocycles. The van der Waals surface area contributed by atoms with Crippen LogP contribution in [0.2, 0.25) is 0 Å². The quantitative estimate of drug-likeness (QED) is 0.567. The van der Waals surface area contributed by atoms with Crippen LogP contribution in [0.3, 0.4) is 0 Å². The molecule has 184 valence electrons. The molecule has 0 bridgehead atoms. The van der Waals surface area contributed by atoms with E-state index in [9.17, 15) is 4.79 Å². The molecule has 1 amide bonds. The maximum Gasteiger partial charge on any atom is 0.410 e. The lowest BCUT2D eigenvalue weighted by molar-refractivity contribution is 0.0223. The Morgan fingerprint density at radius 3 is 2.71 bits per heavy atom. The number of carbonyl (C=O) groups is 1. The highest BCUT2D eigenvalue weighted by Gasteiger charge is 2.35. The molecule has 5 rings (SSSR count). The van der Waals surface area contributed by atoms with Crippen molar-refractivity contribution in [3.05, 3.63) is 53.5 Å². The van der Waals surface area contributed by atoms with Gasteiger partial charge in [0.25, 0.3) is 0 Å². The van der Waals surface area contributed by atoms with Gasteiger partial charge in [-0.15, -0.1) is 0 Å². The second-order valence-corrected chi connectivity index (χ2v) is 10.7. The SMILES string of the molecule is CN1CCc2cc(-c3cnc(N)c(-c4cn[nH]c4)c3)cc(C3CCCN3C(=O)OC(C)(C)C)c2C1. The standard InChI is InChI=1S/C27H34N6O2/c1-27(2,3)35-26(34)33-8-5-6-24(33)22-11-18(10-17-7-9-32(4)16-23(17)22)19-12-21(25(28)29-13-19)20-14-30-31-15-20/h10-15,24H,5-9,16H2,1-4H3,(H2,28,29)(H,30,31). The number of nitrogen functional groups attached to an aromatic ring is 1. The smallest absolute Gasteiger partial charge is 0.410 e. The topological polar surface area (TPSA) is 100 Å². The fourth-order valence-corrected chi connectivity index (χ4v) is 5.19. The van der Waals surface area contributed by atoms with Crippen molar-refractivity contribution in [2.24, 2.45) is 0 Å². The molecule has 1 unspecified atom stereocenters. The maximum atomic E-state index is 13.1. The summed E-state index contributed by atoms with van der Waals surface area (Å²) in [5.74, 6) is 0.474. The number of pyridine rings is 1. The van der Waals surface area contributed by atoms with Gasteiger partial charge in [0.15, 0.2) is 0 Å². The molecule has 1 atom stereocenters. The molecule has 1 saturated heterocycles. The number of aromatic amines is 1. The van der Waals surface area contributed by atoms with E-state index >= 15 is 0 Å². The van der Waals surface area contributed by atoms with Crippen LogP contribution in [-0.2, 0) is 17.7 Å². The van der Waals surface area contributed by atoms with Gasteiger partial charge in [0.05, 0.1) is 12.2 Å². The highest BCUT2D eigenvalue weighted by molar-refractivity contribution is 5.79. The number of H-pyrrole nitrogens is 1. The Morgan fingerprint density at radius 2 is 1.97 bits per heavy atom. The number of hydrogen-bond donors (Lipinski definition) is 2. The summed E-state index contributed by atoms with van der Waals surface area (Å²) in [6.07, 6.45) is 8.04. The van der Waals surface area contributed by atoms with Gasteiger partial charge in [0.2, 0.25) is 0 Å². The first kappa shape index (κ1) is 23.4. The van der Waals surface area contributed by atoms with Gasteiger partial charge in [-0.1, -0.05) is 6.07 Å². The van der Waals surface area contributed by atoms with E-state index in [4.69, 9.17) is 10.5 Å². The molecule has 2 aromatic heterocycles. The van der Waals surface area contributed by atoms with E-state index in [0.29, 0.717) is 12.4 Å². The highest BCUT2D eigenvalue weighted by Crippen LogP contribution is 2.40. The average Bonchev–Trinajstić information content (AvgIpc) is 3.50. The summed E-state index contributed by atoms with van der Waals surface area (Å²) in [6.45, 7) is 8.35. The molecule has 1 aromatic carbocycles. The Labute approximate surface area is 206 Å². The van der Waals surface area contributed by atoms with E-state index in [-0.39, 0.29) is 12.1 Å². The third kappa shape index (κ3) is 4.75. The van der Waals surface area contributed by atoms with Crippen molar-refractivity contribution in [3.8, 4) is 22.3 Å². The number of nitrogens with one attached hydrogen (secondary N) is 1. The van der Waals surface area contributed by atoms with E-state index in [1.165, 1.54) is 16.7 Å². The van der Waals surface area contributed by atoms with E-state index in [0.717, 1.165) is 54.6 Å². The van der Waals surface area contributed by atoms with Gasteiger partial charge in [-0.25, -0.2) is 9.78 Å². The Kier molecular flexibility index (Phi) is 6.01. The number of anilines is 1. The number of carbonyl (C=O) groups excluding carboxylic acids is 1. The molecule has 0 spiro atoms. The Bertz CT molecular complexity index is 1230. The van der Waals surface area contributed by atoms with Crippen LogP contribution in [0.1, 0.15) is 56.3 Å². The summed E-state index contributed by atoms with van der Waals surface area (Å²) >= 11 is 0. The van der Waals surface area contributed by atoms with Crippen molar-refractivity contribution < 1.29 is 9.53 Å². The number of amides is 1. The van der Waals surface area contributed by atoms with Gasteiger partial charge < -0.3 is 20.3 Å². The van der Waals surface area contributed by atoms with Crippen LogP contribution in [0.25, 0.3) is 22.3 Å². The second-order valence-electron chi connectivity index (χ2n) is 10.7. The number of nitrogens with two attached hydrogens (primary N) is 1. The first-order chi connectivity index (χ1) is 16.7. The van der Waals surface area contributed by atoms with Crippen molar-refractivity contribution in [1.82, 2.24) is 25.0 Å². The van der Waals surface area contributed by atoms with Crippen molar-refractivity contribution in [3.63, 3.8) is 0 Å². The Balaban J connectivity index is 1.59. The lowest BCUT2D eigenvalue weighted by atomic mass is 9.86. The molecule has 8 nitrogen and oxygen atoms in total. The lowest BCUT2D eigenvalue weighted by Gasteiger charge is -2.33. The number of likely N-dealkylation sites (tertiary alicyclic amines) is 1. The number of ether oxygens (including phenoxy) is 1. The van der Waals surface area contributed by atoms with Crippen molar-refractivity contribution >= 4 is 11.9 Å². The highest BCUT2D eigenvalue weighted by atomic mass is 16.6. The first-order valence-corrected chi connectivity index (χ1v) is 12.3. The summed E-state index contributed by atoms with van der Waals surface area (Å²) < 4.78 is 5.77. The summed E-state index contributed by atoms with van der Waals surface area (Å²) in [5.41, 5.74) is 13.4. The molecule has 2 aliphatic heterocycles. The van der Waals surface area contributed by atoms with E-state index in [1.807, 2.05) is 38.1 Å². The van der Waals surface area contributed by atoms with Crippen LogP contribution in [0.15, 0.2) is 36.8 Å². The zero-order valence-electron chi connectivity index (χ0n) is 21.0. The molecular weight excluding hydrogens is 440 g/mol. The lowest BCUT2D eigenvalue weighted by Crippen LogP contribution is -2.37. The van der Waals surface area contributed by atoms with Gasteiger partial charge in [-0.2, -0.15) is 5.10 Å².